The summed E-state index contributed by atoms with van der Waals surface area (Å²) in [6.07, 6.45) is 1.25. The number of anilines is 2. The van der Waals surface area contributed by atoms with Gasteiger partial charge in [-0.2, -0.15) is 0 Å². The first-order valence-electron chi connectivity index (χ1n) is 9.12. The van der Waals surface area contributed by atoms with Crippen molar-refractivity contribution in [3.63, 3.8) is 0 Å². The number of carbonyl (C=O) groups excluding carboxylic acids is 2. The second-order valence-corrected chi connectivity index (χ2v) is 9.08. The molecule has 0 bridgehead atoms. The van der Waals surface area contributed by atoms with Crippen LogP contribution in [-0.4, -0.2) is 40.6 Å². The molecule has 0 atom stereocenters. The standard InChI is InChI=1S/C20H18Cl2FN3O2S/c21-15-2-1-3-16(18(15)22)24-19(28)25-10-8-20(9-11-25)26(17(27)12-29-20)14-6-4-13(23)5-7-14/h1-7H,8-12H2,(H,24,28). The number of nitrogens with one attached hydrogen (secondary N) is 1. The molecule has 0 radical (unpaired) electrons. The van der Waals surface area contributed by atoms with Crippen molar-refractivity contribution in [2.45, 2.75) is 17.7 Å². The lowest BCUT2D eigenvalue weighted by Crippen LogP contribution is -2.53. The molecule has 1 N–H and O–H groups in total. The van der Waals surface area contributed by atoms with Crippen molar-refractivity contribution in [2.24, 2.45) is 0 Å². The average Bonchev–Trinajstić information content (AvgIpc) is 3.02. The maximum Gasteiger partial charge on any atom is 0.321 e. The predicted molar refractivity (Wildman–Crippen MR) is 115 cm³/mol. The van der Waals surface area contributed by atoms with Crippen molar-refractivity contribution >= 4 is 58.3 Å². The summed E-state index contributed by atoms with van der Waals surface area (Å²) in [5.41, 5.74) is 1.15. The molecule has 3 amide bonds. The zero-order valence-electron chi connectivity index (χ0n) is 15.3. The Hall–Kier alpha value is -1.96. The van der Waals surface area contributed by atoms with Crippen LogP contribution in [0.3, 0.4) is 0 Å². The first-order chi connectivity index (χ1) is 13.9. The second kappa shape index (κ2) is 8.05. The minimum atomic E-state index is -0.417. The molecule has 2 aromatic carbocycles. The number of nitrogens with zero attached hydrogens (tertiary/aromatic N) is 2. The minimum absolute atomic E-state index is 0.00483. The maximum atomic E-state index is 13.3. The fraction of sp³-hybridized carbons (Fsp3) is 0.300. The summed E-state index contributed by atoms with van der Waals surface area (Å²) >= 11 is 13.7. The SMILES string of the molecule is O=C(Nc1cccc(Cl)c1Cl)N1CCC2(CC1)SCC(=O)N2c1ccc(F)cc1. The lowest BCUT2D eigenvalue weighted by molar-refractivity contribution is -0.116. The Morgan fingerprint density at radius 3 is 2.48 bits per heavy atom. The summed E-state index contributed by atoms with van der Waals surface area (Å²) in [6, 6.07) is 10.8. The molecule has 2 heterocycles. The zero-order chi connectivity index (χ0) is 20.6. The van der Waals surface area contributed by atoms with E-state index in [2.05, 4.69) is 5.32 Å². The summed E-state index contributed by atoms with van der Waals surface area (Å²) in [7, 11) is 0. The number of rotatable bonds is 2. The number of likely N-dealkylation sites (tertiary alicyclic amines) is 1. The van der Waals surface area contributed by atoms with Crippen LogP contribution in [-0.2, 0) is 4.79 Å². The summed E-state index contributed by atoms with van der Waals surface area (Å²) in [5, 5.41) is 3.47. The van der Waals surface area contributed by atoms with Crippen LogP contribution in [0.5, 0.6) is 0 Å². The molecule has 2 fully saturated rings. The zero-order valence-corrected chi connectivity index (χ0v) is 17.7. The topological polar surface area (TPSA) is 52.7 Å². The second-order valence-electron chi connectivity index (χ2n) is 6.96. The quantitative estimate of drug-likeness (QED) is 0.676. The average molecular weight is 454 g/mol. The van der Waals surface area contributed by atoms with Gasteiger partial charge in [0.1, 0.15) is 5.82 Å². The Morgan fingerprint density at radius 1 is 1.10 bits per heavy atom. The molecule has 0 unspecified atom stereocenters. The fourth-order valence-electron chi connectivity index (χ4n) is 3.74. The Kier molecular flexibility index (Phi) is 5.64. The van der Waals surface area contributed by atoms with Gasteiger partial charge in [0.25, 0.3) is 0 Å². The van der Waals surface area contributed by atoms with Gasteiger partial charge in [0, 0.05) is 18.8 Å². The molecule has 2 aliphatic rings. The van der Waals surface area contributed by atoms with Crippen LogP contribution < -0.4 is 10.2 Å². The molecule has 9 heteroatoms. The number of amides is 3. The smallest absolute Gasteiger partial charge is 0.321 e. The highest BCUT2D eigenvalue weighted by Crippen LogP contribution is 2.46. The number of piperidine rings is 1. The van der Waals surface area contributed by atoms with E-state index in [0.717, 1.165) is 0 Å². The van der Waals surface area contributed by atoms with Crippen LogP contribution in [0.25, 0.3) is 0 Å². The highest BCUT2D eigenvalue weighted by molar-refractivity contribution is 8.02. The molecule has 5 nitrogen and oxygen atoms in total. The van der Waals surface area contributed by atoms with E-state index >= 15 is 0 Å². The van der Waals surface area contributed by atoms with E-state index in [1.807, 2.05) is 0 Å². The molecule has 0 aromatic heterocycles. The van der Waals surface area contributed by atoms with Crippen LogP contribution in [0.4, 0.5) is 20.6 Å². The molecule has 2 aliphatic heterocycles. The third kappa shape index (κ3) is 3.91. The molecule has 0 aliphatic carbocycles. The Morgan fingerprint density at radius 2 is 1.79 bits per heavy atom. The predicted octanol–water partition coefficient (Wildman–Crippen LogP) is 5.24. The number of hydrogen-bond donors (Lipinski definition) is 1. The van der Waals surface area contributed by atoms with Gasteiger partial charge in [-0.1, -0.05) is 29.3 Å². The molecule has 152 valence electrons. The Bertz CT molecular complexity index is 949. The summed E-state index contributed by atoms with van der Waals surface area (Å²) in [6.45, 7) is 0.976. The molecule has 2 saturated heterocycles. The van der Waals surface area contributed by atoms with Crippen molar-refractivity contribution in [1.29, 1.82) is 0 Å². The number of benzene rings is 2. The molecule has 0 saturated carbocycles. The first kappa shape index (κ1) is 20.3. The number of urea groups is 1. The first-order valence-corrected chi connectivity index (χ1v) is 10.9. The highest BCUT2D eigenvalue weighted by Gasteiger charge is 2.49. The minimum Gasteiger partial charge on any atom is -0.324 e. The highest BCUT2D eigenvalue weighted by atomic mass is 35.5. The van der Waals surface area contributed by atoms with Gasteiger partial charge in [-0.25, -0.2) is 9.18 Å². The normalized spacial score (nSPS) is 18.4. The van der Waals surface area contributed by atoms with Crippen LogP contribution in [0.15, 0.2) is 42.5 Å². The van der Waals surface area contributed by atoms with Crippen molar-refractivity contribution in [3.05, 3.63) is 58.3 Å². The summed E-state index contributed by atoms with van der Waals surface area (Å²) in [4.78, 5) is 28.3. The Labute approximate surface area is 182 Å². The fourth-order valence-corrected chi connectivity index (χ4v) is 5.42. The van der Waals surface area contributed by atoms with E-state index in [0.29, 0.717) is 53.1 Å². The van der Waals surface area contributed by atoms with Crippen LogP contribution in [0.1, 0.15) is 12.8 Å². The van der Waals surface area contributed by atoms with Gasteiger partial charge in [0.15, 0.2) is 0 Å². The monoisotopic (exact) mass is 453 g/mol. The number of halogens is 3. The molecule has 29 heavy (non-hydrogen) atoms. The third-order valence-electron chi connectivity index (χ3n) is 5.23. The van der Waals surface area contributed by atoms with Crippen LogP contribution in [0, 0.1) is 5.82 Å². The van der Waals surface area contributed by atoms with Gasteiger partial charge in [0.05, 0.1) is 26.4 Å². The molecule has 4 rings (SSSR count). The molecular weight excluding hydrogens is 436 g/mol. The van der Waals surface area contributed by atoms with Gasteiger partial charge in [-0.05, 0) is 49.2 Å². The van der Waals surface area contributed by atoms with Crippen molar-refractivity contribution in [1.82, 2.24) is 4.90 Å². The summed E-state index contributed by atoms with van der Waals surface area (Å²) < 4.78 is 13.3. The number of hydrogen-bond acceptors (Lipinski definition) is 3. The van der Waals surface area contributed by atoms with E-state index in [9.17, 15) is 14.0 Å². The van der Waals surface area contributed by atoms with Crippen molar-refractivity contribution in [2.75, 3.05) is 29.1 Å². The number of thioether (sulfide) groups is 1. The molecule has 2 aromatic rings. The van der Waals surface area contributed by atoms with E-state index in [4.69, 9.17) is 23.2 Å². The van der Waals surface area contributed by atoms with Crippen LogP contribution in [0.2, 0.25) is 10.0 Å². The van der Waals surface area contributed by atoms with Crippen LogP contribution >= 0.6 is 35.0 Å². The lowest BCUT2D eigenvalue weighted by atomic mass is 10.0. The molecular formula is C20H18Cl2FN3O2S. The molecule has 1 spiro atoms. The van der Waals surface area contributed by atoms with E-state index in [1.165, 1.54) is 12.1 Å². The van der Waals surface area contributed by atoms with Gasteiger partial charge in [0.2, 0.25) is 5.91 Å². The van der Waals surface area contributed by atoms with Gasteiger partial charge < -0.3 is 10.2 Å². The maximum absolute atomic E-state index is 13.3. The van der Waals surface area contributed by atoms with E-state index in [1.54, 1.807) is 51.9 Å². The van der Waals surface area contributed by atoms with Gasteiger partial charge in [-0.15, -0.1) is 11.8 Å². The van der Waals surface area contributed by atoms with E-state index < -0.39 is 4.87 Å². The third-order valence-corrected chi connectivity index (χ3v) is 7.57. The summed E-state index contributed by atoms with van der Waals surface area (Å²) in [5.74, 6) is 0.0419. The Balaban J connectivity index is 1.46. The van der Waals surface area contributed by atoms with Gasteiger partial charge >= 0.3 is 6.03 Å². The van der Waals surface area contributed by atoms with Crippen molar-refractivity contribution in [3.8, 4) is 0 Å². The lowest BCUT2D eigenvalue weighted by Gasteiger charge is -2.43. The van der Waals surface area contributed by atoms with Gasteiger partial charge in [-0.3, -0.25) is 9.69 Å². The number of carbonyl (C=O) groups is 2. The van der Waals surface area contributed by atoms with Crippen molar-refractivity contribution < 1.29 is 14.0 Å². The largest absolute Gasteiger partial charge is 0.324 e. The van der Waals surface area contributed by atoms with E-state index in [-0.39, 0.29) is 17.8 Å².